The summed E-state index contributed by atoms with van der Waals surface area (Å²) in [6, 6.07) is 18.2. The van der Waals surface area contributed by atoms with E-state index in [1.54, 1.807) is 17.4 Å². The zero-order chi connectivity index (χ0) is 16.8. The minimum Gasteiger partial charge on any atom is -0.253 e. The average Bonchev–Trinajstić information content (AvgIpc) is 3.03. The van der Waals surface area contributed by atoms with Crippen molar-refractivity contribution < 1.29 is 0 Å². The number of halogens is 1. The molecule has 0 amide bonds. The van der Waals surface area contributed by atoms with Gasteiger partial charge in [-0.1, -0.05) is 70.5 Å². The van der Waals surface area contributed by atoms with Crippen LogP contribution in [0.2, 0.25) is 0 Å². The number of thiazole rings is 1. The van der Waals surface area contributed by atoms with Crippen molar-refractivity contribution in [3.8, 4) is 11.3 Å². The molecule has 0 bridgehead atoms. The third-order valence-electron chi connectivity index (χ3n) is 3.33. The molecule has 24 heavy (non-hydrogen) atoms. The number of hydrogen-bond acceptors (Lipinski definition) is 3. The fourth-order valence-electron chi connectivity index (χ4n) is 2.17. The summed E-state index contributed by atoms with van der Waals surface area (Å²) in [7, 11) is 0. The normalized spacial score (nSPS) is 12.0. The Morgan fingerprint density at radius 3 is 2.58 bits per heavy atom. The zero-order valence-electron chi connectivity index (χ0n) is 13.0. The number of hydrogen-bond donors (Lipinski definition) is 0. The maximum atomic E-state index is 4.67. The lowest BCUT2D eigenvalue weighted by Gasteiger charge is -2.03. The standard InChI is InChI=1S/C19H16BrN3S/c1-2-12-21-19-23(22-13-16-10-6-7-11-17(16)20)18(14-24-19)15-8-4-3-5-9-15/h2-11,13-14H,1,12H2. The Labute approximate surface area is 153 Å². The summed E-state index contributed by atoms with van der Waals surface area (Å²) < 4.78 is 2.89. The minimum absolute atomic E-state index is 0.569. The fourth-order valence-corrected chi connectivity index (χ4v) is 3.40. The van der Waals surface area contributed by atoms with E-state index in [4.69, 9.17) is 0 Å². The highest BCUT2D eigenvalue weighted by molar-refractivity contribution is 9.10. The molecule has 120 valence electrons. The van der Waals surface area contributed by atoms with Gasteiger partial charge in [0.1, 0.15) is 0 Å². The molecule has 3 aromatic rings. The van der Waals surface area contributed by atoms with Crippen molar-refractivity contribution in [1.82, 2.24) is 4.68 Å². The van der Waals surface area contributed by atoms with Crippen LogP contribution in [0.4, 0.5) is 0 Å². The Morgan fingerprint density at radius 2 is 1.83 bits per heavy atom. The molecule has 1 heterocycles. The Hall–Kier alpha value is -2.24. The number of aromatic nitrogens is 1. The third kappa shape index (κ3) is 3.80. The molecule has 3 nitrogen and oxygen atoms in total. The molecule has 3 rings (SSSR count). The monoisotopic (exact) mass is 397 g/mol. The van der Waals surface area contributed by atoms with E-state index in [-0.39, 0.29) is 0 Å². The average molecular weight is 398 g/mol. The first-order valence-corrected chi connectivity index (χ1v) is 9.13. The van der Waals surface area contributed by atoms with Crippen LogP contribution in [-0.4, -0.2) is 17.4 Å². The second-order valence-electron chi connectivity index (χ2n) is 4.98. The van der Waals surface area contributed by atoms with E-state index < -0.39 is 0 Å². The first-order valence-electron chi connectivity index (χ1n) is 7.46. The summed E-state index contributed by atoms with van der Waals surface area (Å²) in [4.78, 5) is 5.39. The minimum atomic E-state index is 0.569. The first-order chi connectivity index (χ1) is 11.8. The fraction of sp³-hybridized carbons (Fsp3) is 0.0526. The van der Waals surface area contributed by atoms with E-state index in [9.17, 15) is 0 Å². The van der Waals surface area contributed by atoms with Gasteiger partial charge in [-0.2, -0.15) is 5.10 Å². The molecule has 0 radical (unpaired) electrons. The van der Waals surface area contributed by atoms with E-state index >= 15 is 0 Å². The van der Waals surface area contributed by atoms with E-state index in [1.165, 1.54) is 0 Å². The van der Waals surface area contributed by atoms with Crippen LogP contribution in [0.15, 0.2) is 87.2 Å². The summed E-state index contributed by atoms with van der Waals surface area (Å²) in [5.74, 6) is 0. The van der Waals surface area contributed by atoms with Crippen molar-refractivity contribution in [2.45, 2.75) is 0 Å². The summed E-state index contributed by atoms with van der Waals surface area (Å²) >= 11 is 5.12. The van der Waals surface area contributed by atoms with Gasteiger partial charge in [-0.05, 0) is 6.07 Å². The molecular weight excluding hydrogens is 382 g/mol. The van der Waals surface area contributed by atoms with Gasteiger partial charge in [-0.3, -0.25) is 4.99 Å². The highest BCUT2D eigenvalue weighted by atomic mass is 79.9. The zero-order valence-corrected chi connectivity index (χ0v) is 15.4. The molecule has 0 aliphatic carbocycles. The highest BCUT2D eigenvalue weighted by Crippen LogP contribution is 2.20. The van der Waals surface area contributed by atoms with Gasteiger partial charge in [0, 0.05) is 21.0 Å². The van der Waals surface area contributed by atoms with Crippen LogP contribution in [0.3, 0.4) is 0 Å². The van der Waals surface area contributed by atoms with Crippen LogP contribution in [0, 0.1) is 0 Å². The maximum absolute atomic E-state index is 4.67. The van der Waals surface area contributed by atoms with Crippen molar-refractivity contribution in [1.29, 1.82) is 0 Å². The number of benzene rings is 2. The SMILES string of the molecule is C=CCN=c1scc(-c2ccccc2)n1N=Cc1ccccc1Br. The van der Waals surface area contributed by atoms with Crippen LogP contribution in [-0.2, 0) is 0 Å². The Kier molecular flexibility index (Phi) is 5.56. The maximum Gasteiger partial charge on any atom is 0.206 e. The smallest absolute Gasteiger partial charge is 0.206 e. The molecule has 0 unspecified atom stereocenters. The van der Waals surface area contributed by atoms with Gasteiger partial charge in [-0.15, -0.1) is 17.9 Å². The first kappa shape index (κ1) is 16.6. The number of nitrogens with zero attached hydrogens (tertiary/aromatic N) is 3. The van der Waals surface area contributed by atoms with Crippen LogP contribution in [0.25, 0.3) is 11.3 Å². The van der Waals surface area contributed by atoms with Gasteiger partial charge in [0.05, 0.1) is 18.5 Å². The largest absolute Gasteiger partial charge is 0.253 e. The van der Waals surface area contributed by atoms with Gasteiger partial charge in [0.25, 0.3) is 0 Å². The summed E-state index contributed by atoms with van der Waals surface area (Å²) in [5.41, 5.74) is 3.15. The number of rotatable bonds is 5. The molecule has 0 saturated heterocycles. The topological polar surface area (TPSA) is 29.6 Å². The van der Waals surface area contributed by atoms with Gasteiger partial charge < -0.3 is 0 Å². The second kappa shape index (κ2) is 8.04. The predicted octanol–water partition coefficient (Wildman–Crippen LogP) is 4.95. The van der Waals surface area contributed by atoms with Crippen molar-refractivity contribution in [3.63, 3.8) is 0 Å². The Balaban J connectivity index is 2.09. The summed E-state index contributed by atoms with van der Waals surface area (Å²) in [5, 5.41) is 6.75. The van der Waals surface area contributed by atoms with Crippen LogP contribution in [0.5, 0.6) is 0 Å². The molecule has 0 aliphatic rings. The highest BCUT2D eigenvalue weighted by Gasteiger charge is 2.06. The van der Waals surface area contributed by atoms with Crippen molar-refractivity contribution in [2.75, 3.05) is 6.54 Å². The van der Waals surface area contributed by atoms with Crippen LogP contribution >= 0.6 is 27.3 Å². The van der Waals surface area contributed by atoms with Crippen molar-refractivity contribution >= 4 is 33.5 Å². The summed E-state index contributed by atoms with van der Waals surface area (Å²) in [6.07, 6.45) is 3.62. The van der Waals surface area contributed by atoms with Crippen LogP contribution in [0.1, 0.15) is 5.56 Å². The molecular formula is C19H16BrN3S. The molecule has 0 atom stereocenters. The molecule has 0 saturated carbocycles. The van der Waals surface area contributed by atoms with Gasteiger partial charge in [0.15, 0.2) is 0 Å². The molecule has 0 spiro atoms. The van der Waals surface area contributed by atoms with Gasteiger partial charge >= 0.3 is 0 Å². The van der Waals surface area contributed by atoms with Gasteiger partial charge in [-0.25, -0.2) is 4.68 Å². The molecule has 0 aliphatic heterocycles. The molecule has 1 aromatic heterocycles. The molecule has 5 heteroatoms. The van der Waals surface area contributed by atoms with E-state index in [1.807, 2.05) is 53.4 Å². The molecule has 0 fully saturated rings. The molecule has 2 aromatic carbocycles. The van der Waals surface area contributed by atoms with E-state index in [2.05, 4.69) is 50.1 Å². The third-order valence-corrected chi connectivity index (χ3v) is 4.90. The lowest BCUT2D eigenvalue weighted by molar-refractivity contribution is 0.840. The summed E-state index contributed by atoms with van der Waals surface area (Å²) in [6.45, 7) is 4.30. The Morgan fingerprint density at radius 1 is 1.08 bits per heavy atom. The molecule has 0 N–H and O–H groups in total. The Bertz CT molecular complexity index is 923. The van der Waals surface area contributed by atoms with Crippen molar-refractivity contribution in [2.24, 2.45) is 10.1 Å². The predicted molar refractivity (Wildman–Crippen MR) is 106 cm³/mol. The van der Waals surface area contributed by atoms with E-state index in [0.717, 1.165) is 26.1 Å². The van der Waals surface area contributed by atoms with Crippen LogP contribution < -0.4 is 4.80 Å². The van der Waals surface area contributed by atoms with E-state index in [0.29, 0.717) is 6.54 Å². The van der Waals surface area contributed by atoms with Gasteiger partial charge in [0.2, 0.25) is 4.80 Å². The second-order valence-corrected chi connectivity index (χ2v) is 6.67. The lowest BCUT2D eigenvalue weighted by atomic mass is 10.2. The lowest BCUT2D eigenvalue weighted by Crippen LogP contribution is -2.12. The quantitative estimate of drug-likeness (QED) is 0.430. The van der Waals surface area contributed by atoms with Crippen molar-refractivity contribution in [3.05, 3.63) is 87.5 Å².